The molecule has 0 aromatic heterocycles. The Hall–Kier alpha value is -2.05. The summed E-state index contributed by atoms with van der Waals surface area (Å²) < 4.78 is 44.7. The lowest BCUT2D eigenvalue weighted by atomic mass is 10.0. The summed E-state index contributed by atoms with van der Waals surface area (Å²) >= 11 is 0. The van der Waals surface area contributed by atoms with Crippen molar-refractivity contribution in [3.63, 3.8) is 0 Å². The zero-order valence-corrected chi connectivity index (χ0v) is 12.9. The quantitative estimate of drug-likeness (QED) is 0.801. The SMILES string of the molecule is CC(=O)N1CC[C@H](C(=O)O[C@H](c2ccccc2C)C(F)(F)F)C1. The third-order valence-electron chi connectivity index (χ3n) is 3.97. The molecule has 0 saturated carbocycles. The molecule has 7 heteroatoms. The highest BCUT2D eigenvalue weighted by molar-refractivity contribution is 5.77. The minimum atomic E-state index is -4.69. The first-order valence-electron chi connectivity index (χ1n) is 7.28. The van der Waals surface area contributed by atoms with Crippen molar-refractivity contribution in [1.82, 2.24) is 4.90 Å². The van der Waals surface area contributed by atoms with Gasteiger partial charge in [0, 0.05) is 25.6 Å². The van der Waals surface area contributed by atoms with Crippen LogP contribution >= 0.6 is 0 Å². The van der Waals surface area contributed by atoms with Crippen LogP contribution in [-0.2, 0) is 14.3 Å². The van der Waals surface area contributed by atoms with Crippen LogP contribution in [-0.4, -0.2) is 36.0 Å². The van der Waals surface area contributed by atoms with E-state index in [0.717, 1.165) is 0 Å². The third kappa shape index (κ3) is 4.03. The number of benzene rings is 1. The van der Waals surface area contributed by atoms with E-state index in [1.54, 1.807) is 6.07 Å². The van der Waals surface area contributed by atoms with Gasteiger partial charge in [-0.2, -0.15) is 13.2 Å². The summed E-state index contributed by atoms with van der Waals surface area (Å²) in [6.45, 7) is 3.36. The van der Waals surface area contributed by atoms with Crippen LogP contribution in [0.3, 0.4) is 0 Å². The molecule has 1 aromatic carbocycles. The van der Waals surface area contributed by atoms with Crippen molar-refractivity contribution < 1.29 is 27.5 Å². The number of rotatable bonds is 3. The molecule has 4 nitrogen and oxygen atoms in total. The van der Waals surface area contributed by atoms with Crippen molar-refractivity contribution in [1.29, 1.82) is 0 Å². The normalized spacial score (nSPS) is 19.5. The molecule has 0 N–H and O–H groups in total. The van der Waals surface area contributed by atoms with Crippen LogP contribution in [0.4, 0.5) is 13.2 Å². The van der Waals surface area contributed by atoms with Gasteiger partial charge in [-0.25, -0.2) is 0 Å². The number of halogens is 3. The number of amides is 1. The lowest BCUT2D eigenvalue weighted by Crippen LogP contribution is -2.32. The van der Waals surface area contributed by atoms with Crippen LogP contribution in [0.1, 0.15) is 30.6 Å². The molecule has 1 amide bonds. The average Bonchev–Trinajstić information content (AvgIpc) is 2.94. The summed E-state index contributed by atoms with van der Waals surface area (Å²) in [4.78, 5) is 24.8. The Kier molecular flexibility index (Phi) is 4.97. The highest BCUT2D eigenvalue weighted by atomic mass is 19.4. The van der Waals surface area contributed by atoms with E-state index in [0.29, 0.717) is 18.5 Å². The van der Waals surface area contributed by atoms with E-state index >= 15 is 0 Å². The fourth-order valence-electron chi connectivity index (χ4n) is 2.64. The molecule has 1 aromatic rings. The molecule has 1 saturated heterocycles. The number of aryl methyl sites for hydroxylation is 1. The van der Waals surface area contributed by atoms with Crippen LogP contribution in [0, 0.1) is 12.8 Å². The van der Waals surface area contributed by atoms with E-state index < -0.39 is 24.2 Å². The zero-order valence-electron chi connectivity index (χ0n) is 12.9. The lowest BCUT2D eigenvalue weighted by Gasteiger charge is -2.24. The Morgan fingerprint density at radius 1 is 1.30 bits per heavy atom. The highest BCUT2D eigenvalue weighted by Gasteiger charge is 2.46. The highest BCUT2D eigenvalue weighted by Crippen LogP contribution is 2.38. The topological polar surface area (TPSA) is 46.6 Å². The summed E-state index contributed by atoms with van der Waals surface area (Å²) in [7, 11) is 0. The Morgan fingerprint density at radius 2 is 1.96 bits per heavy atom. The van der Waals surface area contributed by atoms with E-state index in [-0.39, 0.29) is 18.0 Å². The summed E-state index contributed by atoms with van der Waals surface area (Å²) in [5.74, 6) is -1.83. The number of carbonyl (C=O) groups is 2. The number of hydrogen-bond acceptors (Lipinski definition) is 3. The van der Waals surface area contributed by atoms with Crippen molar-refractivity contribution in [3.05, 3.63) is 35.4 Å². The molecule has 1 fully saturated rings. The minimum absolute atomic E-state index is 0.0743. The van der Waals surface area contributed by atoms with Crippen molar-refractivity contribution in [3.8, 4) is 0 Å². The van der Waals surface area contributed by atoms with Gasteiger partial charge < -0.3 is 9.64 Å². The molecule has 2 atom stereocenters. The van der Waals surface area contributed by atoms with Gasteiger partial charge in [0.2, 0.25) is 12.0 Å². The van der Waals surface area contributed by atoms with E-state index in [4.69, 9.17) is 4.74 Å². The second-order valence-corrected chi connectivity index (χ2v) is 5.67. The molecule has 0 radical (unpaired) electrons. The Balaban J connectivity index is 2.15. The van der Waals surface area contributed by atoms with E-state index in [2.05, 4.69) is 0 Å². The third-order valence-corrected chi connectivity index (χ3v) is 3.97. The summed E-state index contributed by atoms with van der Waals surface area (Å²) in [5.41, 5.74) is 0.328. The summed E-state index contributed by atoms with van der Waals surface area (Å²) in [6, 6.07) is 5.93. The molecule has 1 aliphatic rings. The molecule has 126 valence electrons. The molecule has 0 unspecified atom stereocenters. The number of esters is 1. The van der Waals surface area contributed by atoms with Gasteiger partial charge in [0.25, 0.3) is 0 Å². The van der Waals surface area contributed by atoms with Gasteiger partial charge in [0.15, 0.2) is 0 Å². The Morgan fingerprint density at radius 3 is 2.48 bits per heavy atom. The minimum Gasteiger partial charge on any atom is -0.447 e. The van der Waals surface area contributed by atoms with E-state index in [1.807, 2.05) is 0 Å². The molecular weight excluding hydrogens is 311 g/mol. The fourth-order valence-corrected chi connectivity index (χ4v) is 2.64. The van der Waals surface area contributed by atoms with Crippen LogP contribution in [0.2, 0.25) is 0 Å². The molecule has 1 aliphatic heterocycles. The number of carbonyl (C=O) groups excluding carboxylic acids is 2. The van der Waals surface area contributed by atoms with Gasteiger partial charge in [-0.3, -0.25) is 9.59 Å². The van der Waals surface area contributed by atoms with Crippen molar-refractivity contribution in [2.45, 2.75) is 32.5 Å². The van der Waals surface area contributed by atoms with Crippen molar-refractivity contribution in [2.75, 3.05) is 13.1 Å². The lowest BCUT2D eigenvalue weighted by molar-refractivity contribution is -0.226. The molecule has 1 heterocycles. The number of alkyl halides is 3. The van der Waals surface area contributed by atoms with Crippen LogP contribution < -0.4 is 0 Å². The predicted molar refractivity (Wildman–Crippen MR) is 76.4 cm³/mol. The van der Waals surface area contributed by atoms with Crippen LogP contribution in [0.5, 0.6) is 0 Å². The molecule has 0 aliphatic carbocycles. The number of likely N-dealkylation sites (tertiary alicyclic amines) is 1. The first-order chi connectivity index (χ1) is 10.7. The predicted octanol–water partition coefficient (Wildman–Crippen LogP) is 3.01. The Labute approximate surface area is 132 Å². The molecule has 0 bridgehead atoms. The van der Waals surface area contributed by atoms with Crippen LogP contribution in [0.25, 0.3) is 0 Å². The van der Waals surface area contributed by atoms with Crippen molar-refractivity contribution in [2.24, 2.45) is 5.92 Å². The smallest absolute Gasteiger partial charge is 0.429 e. The van der Waals surface area contributed by atoms with E-state index in [1.165, 1.54) is 36.9 Å². The average molecular weight is 329 g/mol. The maximum atomic E-state index is 13.3. The molecule has 2 rings (SSSR count). The molecular formula is C16H18F3NO3. The van der Waals surface area contributed by atoms with Gasteiger partial charge in [-0.05, 0) is 18.9 Å². The maximum absolute atomic E-state index is 13.3. The largest absolute Gasteiger partial charge is 0.447 e. The molecule has 23 heavy (non-hydrogen) atoms. The fraction of sp³-hybridized carbons (Fsp3) is 0.500. The molecule has 0 spiro atoms. The van der Waals surface area contributed by atoms with Gasteiger partial charge >= 0.3 is 12.1 Å². The standard InChI is InChI=1S/C16H18F3NO3/c1-10-5-3-4-6-13(10)14(16(17,18)19)23-15(22)12-7-8-20(9-12)11(2)21/h3-6,12,14H,7-9H2,1-2H3/t12-,14+/m0/s1. The number of nitrogens with zero attached hydrogens (tertiary/aromatic N) is 1. The van der Waals surface area contributed by atoms with Gasteiger partial charge in [-0.1, -0.05) is 24.3 Å². The van der Waals surface area contributed by atoms with Crippen molar-refractivity contribution >= 4 is 11.9 Å². The first-order valence-corrected chi connectivity index (χ1v) is 7.28. The number of ether oxygens (including phenoxy) is 1. The maximum Gasteiger partial charge on any atom is 0.429 e. The Bertz CT molecular complexity index is 600. The monoisotopic (exact) mass is 329 g/mol. The second-order valence-electron chi connectivity index (χ2n) is 5.67. The first kappa shape index (κ1) is 17.3. The summed E-state index contributed by atoms with van der Waals surface area (Å²) in [6.07, 6.45) is -6.67. The van der Waals surface area contributed by atoms with Gasteiger partial charge in [0.1, 0.15) is 0 Å². The van der Waals surface area contributed by atoms with Gasteiger partial charge in [0.05, 0.1) is 5.92 Å². The summed E-state index contributed by atoms with van der Waals surface area (Å²) in [5, 5.41) is 0. The number of hydrogen-bond donors (Lipinski definition) is 0. The van der Waals surface area contributed by atoms with Gasteiger partial charge in [-0.15, -0.1) is 0 Å². The van der Waals surface area contributed by atoms with Crippen LogP contribution in [0.15, 0.2) is 24.3 Å². The van der Waals surface area contributed by atoms with E-state index in [9.17, 15) is 22.8 Å². The second kappa shape index (κ2) is 6.60. The zero-order chi connectivity index (χ0) is 17.2.